The molecule has 0 radical (unpaired) electrons. The average Bonchev–Trinajstić information content (AvgIpc) is 2.25. The highest BCUT2D eigenvalue weighted by atomic mass is 16.3. The fourth-order valence-corrected chi connectivity index (χ4v) is 1.36. The Morgan fingerprint density at radius 1 is 1.41 bits per heavy atom. The number of aliphatic hydroxyl groups is 1. The summed E-state index contributed by atoms with van der Waals surface area (Å²) in [5.41, 5.74) is 1.12. The second kappa shape index (κ2) is 5.68. The fraction of sp³-hybridized carbons (Fsp3) is 0.462. The van der Waals surface area contributed by atoms with E-state index >= 15 is 0 Å². The van der Waals surface area contributed by atoms with Crippen LogP contribution in [0.2, 0.25) is 0 Å². The molecule has 0 aliphatic carbocycles. The van der Waals surface area contributed by atoms with Crippen molar-refractivity contribution in [1.82, 2.24) is 5.32 Å². The van der Waals surface area contributed by atoms with Crippen molar-refractivity contribution in [2.75, 3.05) is 6.54 Å². The van der Waals surface area contributed by atoms with Crippen LogP contribution < -0.4 is 5.32 Å². The fourth-order valence-electron chi connectivity index (χ4n) is 1.36. The summed E-state index contributed by atoms with van der Waals surface area (Å²) >= 11 is 0. The molecule has 0 aliphatic heterocycles. The van der Waals surface area contributed by atoms with Crippen molar-refractivity contribution in [1.29, 1.82) is 0 Å². The smallest absolute Gasteiger partial charge is 0.255 e. The second-order valence-electron chi connectivity index (χ2n) is 4.54. The lowest BCUT2D eigenvalue weighted by Crippen LogP contribution is -2.34. The van der Waals surface area contributed by atoms with Gasteiger partial charge in [0, 0.05) is 6.54 Å². The molecule has 0 spiro atoms. The van der Waals surface area contributed by atoms with Crippen LogP contribution in [0.5, 0.6) is 5.75 Å². The first kappa shape index (κ1) is 13.5. The van der Waals surface area contributed by atoms with E-state index in [9.17, 15) is 15.0 Å². The standard InChI is InChI=1S/C13H19NO3/c1-8(2)12(16)7-14-13(17)10-5-4-9(3)6-11(10)15/h4-6,8,12,15-16H,7H2,1-3H3,(H,14,17). The first-order chi connectivity index (χ1) is 7.91. The molecular formula is C13H19NO3. The van der Waals surface area contributed by atoms with Crippen LogP contribution in [-0.4, -0.2) is 28.8 Å². The van der Waals surface area contributed by atoms with Gasteiger partial charge in [0.1, 0.15) is 5.75 Å². The number of phenols is 1. The summed E-state index contributed by atoms with van der Waals surface area (Å²) < 4.78 is 0. The van der Waals surface area contributed by atoms with Crippen molar-refractivity contribution < 1.29 is 15.0 Å². The molecule has 17 heavy (non-hydrogen) atoms. The predicted molar refractivity (Wildman–Crippen MR) is 66.0 cm³/mol. The van der Waals surface area contributed by atoms with E-state index in [-0.39, 0.29) is 29.7 Å². The van der Waals surface area contributed by atoms with Crippen molar-refractivity contribution in [2.45, 2.75) is 26.9 Å². The Balaban J connectivity index is 2.64. The third-order valence-corrected chi connectivity index (χ3v) is 2.64. The Morgan fingerprint density at radius 3 is 2.59 bits per heavy atom. The summed E-state index contributed by atoms with van der Waals surface area (Å²) in [7, 11) is 0. The number of rotatable bonds is 4. The van der Waals surface area contributed by atoms with E-state index in [1.165, 1.54) is 6.07 Å². The molecular weight excluding hydrogens is 218 g/mol. The molecule has 1 amide bonds. The normalized spacial score (nSPS) is 12.5. The van der Waals surface area contributed by atoms with E-state index in [0.717, 1.165) is 5.56 Å². The van der Waals surface area contributed by atoms with E-state index < -0.39 is 6.10 Å². The molecule has 1 rings (SSSR count). The Bertz CT molecular complexity index is 402. The predicted octanol–water partition coefficient (Wildman–Crippen LogP) is 1.45. The average molecular weight is 237 g/mol. The Kier molecular flexibility index (Phi) is 4.52. The maximum Gasteiger partial charge on any atom is 0.255 e. The highest BCUT2D eigenvalue weighted by Gasteiger charge is 2.14. The molecule has 1 unspecified atom stereocenters. The quantitative estimate of drug-likeness (QED) is 0.742. The van der Waals surface area contributed by atoms with Gasteiger partial charge >= 0.3 is 0 Å². The highest BCUT2D eigenvalue weighted by Crippen LogP contribution is 2.18. The topological polar surface area (TPSA) is 69.6 Å². The number of hydrogen-bond donors (Lipinski definition) is 3. The van der Waals surface area contributed by atoms with Gasteiger partial charge in [0.05, 0.1) is 11.7 Å². The van der Waals surface area contributed by atoms with E-state index in [1.54, 1.807) is 12.1 Å². The summed E-state index contributed by atoms with van der Waals surface area (Å²) in [6.07, 6.45) is -0.577. The summed E-state index contributed by atoms with van der Waals surface area (Å²) in [6, 6.07) is 4.86. The zero-order valence-electron chi connectivity index (χ0n) is 10.4. The molecule has 0 saturated carbocycles. The Morgan fingerprint density at radius 2 is 2.06 bits per heavy atom. The molecule has 4 heteroatoms. The zero-order chi connectivity index (χ0) is 13.0. The number of nitrogens with one attached hydrogen (secondary N) is 1. The number of carbonyl (C=O) groups excluding carboxylic acids is 1. The summed E-state index contributed by atoms with van der Waals surface area (Å²) in [5, 5.41) is 21.8. The Labute approximate surface area is 101 Å². The minimum Gasteiger partial charge on any atom is -0.507 e. The summed E-state index contributed by atoms with van der Waals surface area (Å²) in [4.78, 5) is 11.7. The van der Waals surface area contributed by atoms with E-state index in [1.807, 2.05) is 20.8 Å². The van der Waals surface area contributed by atoms with Crippen LogP contribution in [0.4, 0.5) is 0 Å². The van der Waals surface area contributed by atoms with Crippen molar-refractivity contribution in [2.24, 2.45) is 5.92 Å². The minimum absolute atomic E-state index is 0.0402. The van der Waals surface area contributed by atoms with Gasteiger partial charge in [0.2, 0.25) is 0 Å². The number of benzene rings is 1. The van der Waals surface area contributed by atoms with Crippen LogP contribution >= 0.6 is 0 Å². The number of aromatic hydroxyl groups is 1. The largest absolute Gasteiger partial charge is 0.507 e. The minimum atomic E-state index is -0.577. The second-order valence-corrected chi connectivity index (χ2v) is 4.54. The molecule has 4 nitrogen and oxygen atoms in total. The summed E-state index contributed by atoms with van der Waals surface area (Å²) in [6.45, 7) is 5.77. The molecule has 0 heterocycles. The van der Waals surface area contributed by atoms with E-state index in [4.69, 9.17) is 0 Å². The molecule has 1 aromatic rings. The van der Waals surface area contributed by atoms with Gasteiger partial charge in [-0.1, -0.05) is 19.9 Å². The first-order valence-corrected chi connectivity index (χ1v) is 5.67. The number of aryl methyl sites for hydroxylation is 1. The lowest BCUT2D eigenvalue weighted by atomic mass is 10.1. The number of amides is 1. The molecule has 0 aromatic heterocycles. The number of aliphatic hydroxyl groups excluding tert-OH is 1. The van der Waals surface area contributed by atoms with E-state index in [2.05, 4.69) is 5.32 Å². The first-order valence-electron chi connectivity index (χ1n) is 5.67. The van der Waals surface area contributed by atoms with Gasteiger partial charge in [-0.15, -0.1) is 0 Å². The van der Waals surface area contributed by atoms with E-state index in [0.29, 0.717) is 0 Å². The van der Waals surface area contributed by atoms with Gasteiger partial charge in [-0.2, -0.15) is 0 Å². The number of hydrogen-bond acceptors (Lipinski definition) is 3. The SMILES string of the molecule is Cc1ccc(C(=O)NCC(O)C(C)C)c(O)c1. The third kappa shape index (κ3) is 3.75. The molecule has 0 saturated heterocycles. The molecule has 1 atom stereocenters. The highest BCUT2D eigenvalue weighted by molar-refractivity contribution is 5.96. The van der Waals surface area contributed by atoms with Crippen LogP contribution in [0.1, 0.15) is 29.8 Å². The maximum absolute atomic E-state index is 11.7. The van der Waals surface area contributed by atoms with Crippen molar-refractivity contribution in [3.63, 3.8) is 0 Å². The van der Waals surface area contributed by atoms with Gasteiger partial charge in [-0.25, -0.2) is 0 Å². The van der Waals surface area contributed by atoms with Gasteiger partial charge in [-0.05, 0) is 30.5 Å². The lowest BCUT2D eigenvalue weighted by molar-refractivity contribution is 0.0869. The van der Waals surface area contributed by atoms with Crippen LogP contribution in [-0.2, 0) is 0 Å². The number of carbonyl (C=O) groups is 1. The molecule has 0 aliphatic rings. The molecule has 3 N–H and O–H groups in total. The lowest BCUT2D eigenvalue weighted by Gasteiger charge is -2.15. The monoisotopic (exact) mass is 237 g/mol. The molecule has 1 aromatic carbocycles. The van der Waals surface area contributed by atoms with Crippen LogP contribution in [0.25, 0.3) is 0 Å². The molecule has 94 valence electrons. The van der Waals surface area contributed by atoms with Gasteiger partial charge in [0.25, 0.3) is 5.91 Å². The van der Waals surface area contributed by atoms with Gasteiger partial charge in [-0.3, -0.25) is 4.79 Å². The van der Waals surface area contributed by atoms with Crippen molar-refractivity contribution in [3.05, 3.63) is 29.3 Å². The van der Waals surface area contributed by atoms with Gasteiger partial charge in [0.15, 0.2) is 0 Å². The van der Waals surface area contributed by atoms with Gasteiger partial charge < -0.3 is 15.5 Å². The van der Waals surface area contributed by atoms with Crippen LogP contribution in [0, 0.1) is 12.8 Å². The zero-order valence-corrected chi connectivity index (χ0v) is 10.4. The molecule has 0 fully saturated rings. The number of phenolic OH excluding ortho intramolecular Hbond substituents is 1. The third-order valence-electron chi connectivity index (χ3n) is 2.64. The van der Waals surface area contributed by atoms with Crippen molar-refractivity contribution in [3.8, 4) is 5.75 Å². The summed E-state index contributed by atoms with van der Waals surface area (Å²) in [5.74, 6) is -0.328. The van der Waals surface area contributed by atoms with Crippen molar-refractivity contribution >= 4 is 5.91 Å². The van der Waals surface area contributed by atoms with Crippen LogP contribution in [0.15, 0.2) is 18.2 Å². The maximum atomic E-state index is 11.7. The van der Waals surface area contributed by atoms with Crippen LogP contribution in [0.3, 0.4) is 0 Å². The Hall–Kier alpha value is -1.55. The molecule has 0 bridgehead atoms.